The van der Waals surface area contributed by atoms with Crippen molar-refractivity contribution in [2.45, 2.75) is 24.7 Å². The molecule has 0 unspecified atom stereocenters. The molecule has 1 amide bonds. The second-order valence-electron chi connectivity index (χ2n) is 4.55. The normalized spacial score (nSPS) is 17.3. The Morgan fingerprint density at radius 3 is 2.41 bits per heavy atom. The van der Waals surface area contributed by atoms with Gasteiger partial charge in [0.05, 0.1) is 0 Å². The molecule has 17 heavy (non-hydrogen) atoms. The van der Waals surface area contributed by atoms with E-state index < -0.39 is 0 Å². The first-order chi connectivity index (χ1) is 8.16. The number of amides is 1. The molecular formula is C13H15Cl2NO. The summed E-state index contributed by atoms with van der Waals surface area (Å²) < 4.78 is 0. The van der Waals surface area contributed by atoms with Crippen molar-refractivity contribution < 1.29 is 4.79 Å². The van der Waals surface area contributed by atoms with Crippen molar-refractivity contribution in [1.82, 2.24) is 5.32 Å². The zero-order valence-corrected chi connectivity index (χ0v) is 11.0. The lowest BCUT2D eigenvalue weighted by Gasteiger charge is -2.42. The van der Waals surface area contributed by atoms with E-state index in [9.17, 15) is 4.79 Å². The molecule has 0 heterocycles. The lowest BCUT2D eigenvalue weighted by Crippen LogP contribution is -2.45. The smallest absolute Gasteiger partial charge is 0.234 e. The van der Waals surface area contributed by atoms with Gasteiger partial charge in [0.15, 0.2) is 0 Å². The standard InChI is InChI=1S/C13H15Cl2NO/c14-8-12(17)16-9-13(6-1-7-13)10-2-4-11(15)5-3-10/h2-5H,1,6-9H2,(H,16,17). The van der Waals surface area contributed by atoms with E-state index in [1.807, 2.05) is 24.3 Å². The van der Waals surface area contributed by atoms with Gasteiger partial charge in [-0.15, -0.1) is 11.6 Å². The first-order valence-electron chi connectivity index (χ1n) is 5.75. The summed E-state index contributed by atoms with van der Waals surface area (Å²) in [4.78, 5) is 11.2. The van der Waals surface area contributed by atoms with E-state index in [0.717, 1.165) is 17.9 Å². The van der Waals surface area contributed by atoms with Gasteiger partial charge in [-0.25, -0.2) is 0 Å². The van der Waals surface area contributed by atoms with Crippen LogP contribution in [-0.2, 0) is 10.2 Å². The second-order valence-corrected chi connectivity index (χ2v) is 5.25. The highest BCUT2D eigenvalue weighted by atomic mass is 35.5. The fourth-order valence-corrected chi connectivity index (χ4v) is 2.51. The minimum atomic E-state index is -0.105. The Hall–Kier alpha value is -0.730. The van der Waals surface area contributed by atoms with E-state index in [1.165, 1.54) is 12.0 Å². The summed E-state index contributed by atoms with van der Waals surface area (Å²) in [5.74, 6) is -0.0802. The zero-order valence-electron chi connectivity index (χ0n) is 9.51. The van der Waals surface area contributed by atoms with E-state index in [0.29, 0.717) is 6.54 Å². The van der Waals surface area contributed by atoms with Crippen LogP contribution in [0.2, 0.25) is 5.02 Å². The van der Waals surface area contributed by atoms with Crippen LogP contribution in [0.1, 0.15) is 24.8 Å². The van der Waals surface area contributed by atoms with Gasteiger partial charge in [0.25, 0.3) is 0 Å². The van der Waals surface area contributed by atoms with Crippen LogP contribution in [0.3, 0.4) is 0 Å². The molecule has 0 spiro atoms. The van der Waals surface area contributed by atoms with Crippen molar-refractivity contribution in [1.29, 1.82) is 0 Å². The molecule has 0 atom stereocenters. The molecule has 4 heteroatoms. The predicted octanol–water partition coefficient (Wildman–Crippen LogP) is 3.12. The molecule has 0 radical (unpaired) electrons. The van der Waals surface area contributed by atoms with E-state index in [-0.39, 0.29) is 17.2 Å². The van der Waals surface area contributed by atoms with E-state index >= 15 is 0 Å². The molecule has 0 saturated heterocycles. The Labute approximate surface area is 111 Å². The van der Waals surface area contributed by atoms with Crippen LogP contribution in [0.4, 0.5) is 0 Å². The summed E-state index contributed by atoms with van der Waals surface area (Å²) in [5.41, 5.74) is 1.34. The van der Waals surface area contributed by atoms with Crippen LogP contribution in [0.15, 0.2) is 24.3 Å². The Kier molecular flexibility index (Phi) is 3.95. The molecule has 2 rings (SSSR count). The highest BCUT2D eigenvalue weighted by Crippen LogP contribution is 2.43. The average Bonchev–Trinajstić information content (AvgIpc) is 2.29. The largest absolute Gasteiger partial charge is 0.354 e. The number of hydrogen-bond acceptors (Lipinski definition) is 1. The third-order valence-electron chi connectivity index (χ3n) is 3.51. The number of rotatable bonds is 4. The van der Waals surface area contributed by atoms with Gasteiger partial charge in [-0.3, -0.25) is 4.79 Å². The summed E-state index contributed by atoms with van der Waals surface area (Å²) in [6, 6.07) is 7.91. The fraction of sp³-hybridized carbons (Fsp3) is 0.462. The molecule has 0 aromatic heterocycles. The molecule has 0 bridgehead atoms. The van der Waals surface area contributed by atoms with Gasteiger partial charge in [0, 0.05) is 17.0 Å². The third-order valence-corrected chi connectivity index (χ3v) is 4.01. The predicted molar refractivity (Wildman–Crippen MR) is 70.7 cm³/mol. The van der Waals surface area contributed by atoms with Crippen molar-refractivity contribution in [3.8, 4) is 0 Å². The molecule has 2 nitrogen and oxygen atoms in total. The Bertz CT molecular complexity index is 398. The molecule has 0 aliphatic heterocycles. The van der Waals surface area contributed by atoms with Gasteiger partial charge in [-0.2, -0.15) is 0 Å². The zero-order chi connectivity index (χ0) is 12.3. The molecule has 1 saturated carbocycles. The van der Waals surface area contributed by atoms with Crippen molar-refractivity contribution in [3.63, 3.8) is 0 Å². The minimum absolute atomic E-state index is 0.0245. The van der Waals surface area contributed by atoms with Crippen LogP contribution in [-0.4, -0.2) is 18.3 Å². The number of benzene rings is 1. The minimum Gasteiger partial charge on any atom is -0.354 e. The molecule has 1 aromatic rings. The number of alkyl halides is 1. The van der Waals surface area contributed by atoms with Crippen LogP contribution >= 0.6 is 23.2 Å². The fourth-order valence-electron chi connectivity index (χ4n) is 2.29. The van der Waals surface area contributed by atoms with Crippen molar-refractivity contribution in [3.05, 3.63) is 34.9 Å². The maximum absolute atomic E-state index is 11.2. The van der Waals surface area contributed by atoms with E-state index in [4.69, 9.17) is 23.2 Å². The first kappa shape index (κ1) is 12.7. The van der Waals surface area contributed by atoms with Crippen LogP contribution in [0.25, 0.3) is 0 Å². The lowest BCUT2D eigenvalue weighted by molar-refractivity contribution is -0.119. The quantitative estimate of drug-likeness (QED) is 0.838. The maximum Gasteiger partial charge on any atom is 0.234 e. The summed E-state index contributed by atoms with van der Waals surface area (Å²) in [6.45, 7) is 0.667. The highest BCUT2D eigenvalue weighted by molar-refractivity contribution is 6.30. The number of nitrogens with one attached hydrogen (secondary N) is 1. The van der Waals surface area contributed by atoms with Gasteiger partial charge in [-0.05, 0) is 30.5 Å². The van der Waals surface area contributed by atoms with Gasteiger partial charge in [0.2, 0.25) is 5.91 Å². The number of hydrogen-bond donors (Lipinski definition) is 1. The van der Waals surface area contributed by atoms with Gasteiger partial charge < -0.3 is 5.32 Å². The van der Waals surface area contributed by atoms with Crippen molar-refractivity contribution in [2.24, 2.45) is 0 Å². The number of carbonyl (C=O) groups excluding carboxylic acids is 1. The summed E-state index contributed by atoms with van der Waals surface area (Å²) >= 11 is 11.4. The number of carbonyl (C=O) groups is 1. The summed E-state index contributed by atoms with van der Waals surface area (Å²) in [5, 5.41) is 3.63. The second kappa shape index (κ2) is 5.28. The molecular weight excluding hydrogens is 257 g/mol. The van der Waals surface area contributed by atoms with Crippen LogP contribution in [0, 0.1) is 0 Å². The van der Waals surface area contributed by atoms with Gasteiger partial charge in [-0.1, -0.05) is 30.2 Å². The highest BCUT2D eigenvalue weighted by Gasteiger charge is 2.38. The van der Waals surface area contributed by atoms with Crippen molar-refractivity contribution in [2.75, 3.05) is 12.4 Å². The molecule has 1 N–H and O–H groups in total. The average molecular weight is 272 g/mol. The Morgan fingerprint density at radius 1 is 1.29 bits per heavy atom. The topological polar surface area (TPSA) is 29.1 Å². The molecule has 1 aliphatic carbocycles. The van der Waals surface area contributed by atoms with Crippen LogP contribution in [0.5, 0.6) is 0 Å². The SMILES string of the molecule is O=C(CCl)NCC1(c2ccc(Cl)cc2)CCC1. The van der Waals surface area contributed by atoms with Crippen LogP contribution < -0.4 is 5.32 Å². The Balaban J connectivity index is 2.08. The third kappa shape index (κ3) is 2.75. The maximum atomic E-state index is 11.2. The lowest BCUT2D eigenvalue weighted by atomic mass is 9.64. The Morgan fingerprint density at radius 2 is 1.94 bits per heavy atom. The van der Waals surface area contributed by atoms with E-state index in [2.05, 4.69) is 5.32 Å². The van der Waals surface area contributed by atoms with Gasteiger partial charge >= 0.3 is 0 Å². The summed E-state index contributed by atoms with van der Waals surface area (Å²) in [7, 11) is 0. The van der Waals surface area contributed by atoms with E-state index in [1.54, 1.807) is 0 Å². The molecule has 92 valence electrons. The van der Waals surface area contributed by atoms with Gasteiger partial charge in [0.1, 0.15) is 5.88 Å². The summed E-state index contributed by atoms with van der Waals surface area (Å²) in [6.07, 6.45) is 3.42. The monoisotopic (exact) mass is 271 g/mol. The number of halogens is 2. The van der Waals surface area contributed by atoms with Crippen molar-refractivity contribution >= 4 is 29.1 Å². The molecule has 1 aromatic carbocycles. The molecule has 1 aliphatic rings. The first-order valence-corrected chi connectivity index (χ1v) is 6.66. The molecule has 1 fully saturated rings.